The number of carbonyl (C=O) groups excluding carboxylic acids is 2. The number of ether oxygens (including phenoxy) is 1. The van der Waals surface area contributed by atoms with Crippen LogP contribution in [0.5, 0.6) is 5.75 Å². The van der Waals surface area contributed by atoms with Gasteiger partial charge in [0.25, 0.3) is 0 Å². The lowest BCUT2D eigenvalue weighted by atomic mass is 10.0. The standard InChI is InChI=1S/C24H22N2O3/c1-17-5-3-4-6-22(17)18-7-9-19(10-8-18)25-23(27)15-16-24(28)26-20-11-13-21(29-2)14-12-20/h3-16H,1-2H3,(H,25,27)(H,26,28)/b16-15-. The van der Waals surface area contributed by atoms with Gasteiger partial charge in [-0.1, -0.05) is 36.4 Å². The molecule has 3 rings (SSSR count). The van der Waals surface area contributed by atoms with Crippen molar-refractivity contribution in [1.82, 2.24) is 0 Å². The highest BCUT2D eigenvalue weighted by molar-refractivity contribution is 6.06. The minimum absolute atomic E-state index is 0.376. The second-order valence-electron chi connectivity index (χ2n) is 6.43. The molecular formula is C24H22N2O3. The first-order valence-corrected chi connectivity index (χ1v) is 9.15. The van der Waals surface area contributed by atoms with E-state index in [4.69, 9.17) is 4.74 Å². The highest BCUT2D eigenvalue weighted by Crippen LogP contribution is 2.24. The third-order valence-electron chi connectivity index (χ3n) is 4.35. The molecule has 0 fully saturated rings. The summed E-state index contributed by atoms with van der Waals surface area (Å²) in [5, 5.41) is 5.43. The van der Waals surface area contributed by atoms with E-state index in [0.29, 0.717) is 17.1 Å². The van der Waals surface area contributed by atoms with Crippen LogP contribution in [0.25, 0.3) is 11.1 Å². The number of rotatable bonds is 6. The molecule has 0 heterocycles. The fourth-order valence-corrected chi connectivity index (χ4v) is 2.82. The first-order valence-electron chi connectivity index (χ1n) is 9.15. The number of carbonyl (C=O) groups is 2. The molecule has 5 nitrogen and oxygen atoms in total. The Balaban J connectivity index is 1.55. The Bertz CT molecular complexity index is 1020. The molecule has 2 amide bonds. The molecule has 0 unspecified atom stereocenters. The van der Waals surface area contributed by atoms with E-state index >= 15 is 0 Å². The van der Waals surface area contributed by atoms with Crippen LogP contribution < -0.4 is 15.4 Å². The molecular weight excluding hydrogens is 364 g/mol. The van der Waals surface area contributed by atoms with Crippen molar-refractivity contribution in [3.63, 3.8) is 0 Å². The van der Waals surface area contributed by atoms with E-state index in [1.54, 1.807) is 31.4 Å². The van der Waals surface area contributed by atoms with Crippen LogP contribution in [-0.4, -0.2) is 18.9 Å². The molecule has 0 aliphatic carbocycles. The monoisotopic (exact) mass is 386 g/mol. The van der Waals surface area contributed by atoms with Gasteiger partial charge in [0.05, 0.1) is 7.11 Å². The topological polar surface area (TPSA) is 67.4 Å². The molecule has 5 heteroatoms. The fraction of sp³-hybridized carbons (Fsp3) is 0.0833. The van der Waals surface area contributed by atoms with E-state index in [1.165, 1.54) is 17.7 Å². The SMILES string of the molecule is COc1ccc(NC(=O)/C=C\C(=O)Nc2ccc(-c3ccccc3C)cc2)cc1. The Morgan fingerprint density at radius 1 is 0.759 bits per heavy atom. The largest absolute Gasteiger partial charge is 0.497 e. The number of anilines is 2. The van der Waals surface area contributed by atoms with Gasteiger partial charge in [0.15, 0.2) is 0 Å². The number of hydrogen-bond acceptors (Lipinski definition) is 3. The fourth-order valence-electron chi connectivity index (χ4n) is 2.82. The van der Waals surface area contributed by atoms with Crippen LogP contribution >= 0.6 is 0 Å². The quantitative estimate of drug-likeness (QED) is 0.598. The van der Waals surface area contributed by atoms with Crippen LogP contribution in [0.3, 0.4) is 0 Å². The summed E-state index contributed by atoms with van der Waals surface area (Å²) < 4.78 is 5.07. The molecule has 0 bridgehead atoms. The van der Waals surface area contributed by atoms with Gasteiger partial charge in [-0.05, 0) is 60.0 Å². The lowest BCUT2D eigenvalue weighted by Crippen LogP contribution is -2.12. The van der Waals surface area contributed by atoms with Gasteiger partial charge in [-0.3, -0.25) is 9.59 Å². The minimum atomic E-state index is -0.389. The minimum Gasteiger partial charge on any atom is -0.497 e. The van der Waals surface area contributed by atoms with Gasteiger partial charge >= 0.3 is 0 Å². The summed E-state index contributed by atoms with van der Waals surface area (Å²) in [6, 6.07) is 22.6. The zero-order valence-electron chi connectivity index (χ0n) is 16.3. The van der Waals surface area contributed by atoms with E-state index in [2.05, 4.69) is 29.7 Å². The molecule has 0 saturated heterocycles. The van der Waals surface area contributed by atoms with Gasteiger partial charge in [-0.2, -0.15) is 0 Å². The van der Waals surface area contributed by atoms with Crippen molar-refractivity contribution in [2.75, 3.05) is 17.7 Å². The molecule has 0 atom stereocenters. The summed E-state index contributed by atoms with van der Waals surface area (Å²) in [6.45, 7) is 2.06. The van der Waals surface area contributed by atoms with Crippen LogP contribution in [0.15, 0.2) is 84.9 Å². The molecule has 146 valence electrons. The number of amides is 2. The highest BCUT2D eigenvalue weighted by atomic mass is 16.5. The predicted octanol–water partition coefficient (Wildman–Crippen LogP) is 4.80. The van der Waals surface area contributed by atoms with Crippen LogP contribution in [0.4, 0.5) is 11.4 Å². The van der Waals surface area contributed by atoms with Gasteiger partial charge < -0.3 is 15.4 Å². The Kier molecular flexibility index (Phi) is 6.43. The lowest BCUT2D eigenvalue weighted by molar-refractivity contribution is -0.114. The Morgan fingerprint density at radius 3 is 1.79 bits per heavy atom. The van der Waals surface area contributed by atoms with Crippen LogP contribution in [-0.2, 0) is 9.59 Å². The second kappa shape index (κ2) is 9.37. The zero-order chi connectivity index (χ0) is 20.6. The van der Waals surface area contributed by atoms with Gasteiger partial charge in [0.2, 0.25) is 11.8 Å². The van der Waals surface area contributed by atoms with E-state index in [-0.39, 0.29) is 11.8 Å². The van der Waals surface area contributed by atoms with Crippen molar-refractivity contribution in [3.8, 4) is 16.9 Å². The van der Waals surface area contributed by atoms with Gasteiger partial charge in [-0.15, -0.1) is 0 Å². The third-order valence-corrected chi connectivity index (χ3v) is 4.35. The molecule has 0 saturated carbocycles. The number of hydrogen-bond donors (Lipinski definition) is 2. The molecule has 0 aliphatic heterocycles. The highest BCUT2D eigenvalue weighted by Gasteiger charge is 2.04. The van der Waals surface area contributed by atoms with Gasteiger partial charge in [-0.25, -0.2) is 0 Å². The predicted molar refractivity (Wildman–Crippen MR) is 116 cm³/mol. The Morgan fingerprint density at radius 2 is 1.28 bits per heavy atom. The maximum absolute atomic E-state index is 12.1. The summed E-state index contributed by atoms with van der Waals surface area (Å²) in [6.07, 6.45) is 2.40. The first-order chi connectivity index (χ1) is 14.0. The van der Waals surface area contributed by atoms with E-state index in [9.17, 15) is 9.59 Å². The van der Waals surface area contributed by atoms with Gasteiger partial charge in [0, 0.05) is 23.5 Å². The van der Waals surface area contributed by atoms with Crippen molar-refractivity contribution in [1.29, 1.82) is 0 Å². The maximum atomic E-state index is 12.1. The lowest BCUT2D eigenvalue weighted by Gasteiger charge is -2.07. The van der Waals surface area contributed by atoms with Crippen LogP contribution in [0, 0.1) is 6.92 Å². The molecule has 0 spiro atoms. The molecule has 0 radical (unpaired) electrons. The summed E-state index contributed by atoms with van der Waals surface area (Å²) in [7, 11) is 1.57. The number of nitrogens with one attached hydrogen (secondary N) is 2. The van der Waals surface area contributed by atoms with E-state index in [1.807, 2.05) is 36.4 Å². The van der Waals surface area contributed by atoms with E-state index < -0.39 is 0 Å². The van der Waals surface area contributed by atoms with Crippen molar-refractivity contribution in [2.24, 2.45) is 0 Å². The van der Waals surface area contributed by atoms with Crippen LogP contribution in [0.1, 0.15) is 5.56 Å². The average molecular weight is 386 g/mol. The summed E-state index contributed by atoms with van der Waals surface area (Å²) in [4.78, 5) is 24.0. The summed E-state index contributed by atoms with van der Waals surface area (Å²) in [5.41, 5.74) is 4.70. The van der Waals surface area contributed by atoms with Crippen molar-refractivity contribution in [2.45, 2.75) is 6.92 Å². The molecule has 3 aromatic rings. The number of benzene rings is 3. The molecule has 0 aliphatic rings. The first kappa shape index (κ1) is 19.9. The van der Waals surface area contributed by atoms with Crippen molar-refractivity contribution < 1.29 is 14.3 Å². The number of methoxy groups -OCH3 is 1. The molecule has 29 heavy (non-hydrogen) atoms. The zero-order valence-corrected chi connectivity index (χ0v) is 16.3. The van der Waals surface area contributed by atoms with Crippen molar-refractivity contribution >= 4 is 23.2 Å². The van der Waals surface area contributed by atoms with Crippen LogP contribution in [0.2, 0.25) is 0 Å². The maximum Gasteiger partial charge on any atom is 0.248 e. The Hall–Kier alpha value is -3.86. The second-order valence-corrected chi connectivity index (χ2v) is 6.43. The third kappa shape index (κ3) is 5.56. The Labute approximate surface area is 170 Å². The summed E-state index contributed by atoms with van der Waals surface area (Å²) >= 11 is 0. The van der Waals surface area contributed by atoms with Gasteiger partial charge in [0.1, 0.15) is 5.75 Å². The average Bonchev–Trinajstić information content (AvgIpc) is 2.74. The smallest absolute Gasteiger partial charge is 0.248 e. The molecule has 3 aromatic carbocycles. The van der Waals surface area contributed by atoms with Crippen molar-refractivity contribution in [3.05, 3.63) is 90.5 Å². The normalized spacial score (nSPS) is 10.6. The number of aryl methyl sites for hydroxylation is 1. The summed E-state index contributed by atoms with van der Waals surface area (Å²) in [5.74, 6) is -0.0647. The molecule has 2 N–H and O–H groups in total. The molecule has 0 aromatic heterocycles. The van der Waals surface area contributed by atoms with E-state index in [0.717, 1.165) is 11.1 Å².